The fraction of sp³-hybridized carbons (Fsp3) is 0.310. The molecular formula is C29H34ClN3O6S. The molecule has 0 aliphatic heterocycles. The molecule has 3 aromatic carbocycles. The molecule has 1 atom stereocenters. The number of methoxy groups -OCH3 is 2. The molecule has 0 fully saturated rings. The molecule has 40 heavy (non-hydrogen) atoms. The molecule has 0 aromatic heterocycles. The average molecular weight is 588 g/mol. The number of halogens is 1. The monoisotopic (exact) mass is 587 g/mol. The topological polar surface area (TPSA) is 105 Å². The zero-order chi connectivity index (χ0) is 29.4. The number of carbonyl (C=O) groups is 2. The number of nitrogens with one attached hydrogen (secondary N) is 1. The Hall–Kier alpha value is -3.76. The molecule has 0 heterocycles. The van der Waals surface area contributed by atoms with Crippen molar-refractivity contribution in [2.24, 2.45) is 0 Å². The number of nitrogens with zero attached hydrogens (tertiary/aromatic N) is 2. The van der Waals surface area contributed by atoms with Crippen LogP contribution in [0.4, 0.5) is 5.69 Å². The van der Waals surface area contributed by atoms with Crippen molar-refractivity contribution < 1.29 is 27.5 Å². The van der Waals surface area contributed by atoms with Gasteiger partial charge in [-0.2, -0.15) is 0 Å². The summed E-state index contributed by atoms with van der Waals surface area (Å²) >= 11 is 6.17. The fourth-order valence-electron chi connectivity index (χ4n) is 4.04. The van der Waals surface area contributed by atoms with Crippen LogP contribution in [0.5, 0.6) is 11.5 Å². The van der Waals surface area contributed by atoms with E-state index in [-0.39, 0.29) is 34.8 Å². The fourth-order valence-corrected chi connectivity index (χ4v) is 5.68. The minimum absolute atomic E-state index is 0.0361. The van der Waals surface area contributed by atoms with E-state index in [4.69, 9.17) is 21.1 Å². The van der Waals surface area contributed by atoms with Crippen molar-refractivity contribution in [2.45, 2.75) is 44.3 Å². The molecule has 0 spiro atoms. The Morgan fingerprint density at radius 1 is 0.925 bits per heavy atom. The third-order valence-corrected chi connectivity index (χ3v) is 8.13. The quantitative estimate of drug-likeness (QED) is 0.335. The molecule has 0 saturated carbocycles. The van der Waals surface area contributed by atoms with E-state index < -0.39 is 28.5 Å². The van der Waals surface area contributed by atoms with Gasteiger partial charge >= 0.3 is 0 Å². The lowest BCUT2D eigenvalue weighted by Crippen LogP contribution is -2.52. The van der Waals surface area contributed by atoms with Crippen LogP contribution in [-0.4, -0.2) is 58.0 Å². The first-order valence-corrected chi connectivity index (χ1v) is 14.4. The molecule has 3 rings (SSSR count). The first-order chi connectivity index (χ1) is 19.0. The van der Waals surface area contributed by atoms with Gasteiger partial charge in [-0.05, 0) is 74.9 Å². The maximum Gasteiger partial charge on any atom is 0.264 e. The van der Waals surface area contributed by atoms with E-state index in [9.17, 15) is 18.0 Å². The van der Waals surface area contributed by atoms with Gasteiger partial charge in [-0.3, -0.25) is 13.9 Å². The molecule has 3 aromatic rings. The Morgan fingerprint density at radius 3 is 2.20 bits per heavy atom. The van der Waals surface area contributed by atoms with Crippen LogP contribution >= 0.6 is 11.6 Å². The van der Waals surface area contributed by atoms with Gasteiger partial charge in [-0.15, -0.1) is 0 Å². The molecule has 1 N–H and O–H groups in total. The van der Waals surface area contributed by atoms with Crippen molar-refractivity contribution in [3.05, 3.63) is 83.4 Å². The minimum Gasteiger partial charge on any atom is -0.497 e. The Labute approximate surface area is 240 Å². The lowest BCUT2D eigenvalue weighted by molar-refractivity contribution is -0.139. The summed E-state index contributed by atoms with van der Waals surface area (Å²) in [6.07, 6.45) is 0. The van der Waals surface area contributed by atoms with Crippen LogP contribution in [0.15, 0.2) is 77.7 Å². The Bertz CT molecular complexity index is 1430. The van der Waals surface area contributed by atoms with Gasteiger partial charge in [0.25, 0.3) is 10.0 Å². The summed E-state index contributed by atoms with van der Waals surface area (Å²) < 4.78 is 39.5. The van der Waals surface area contributed by atoms with E-state index in [1.807, 2.05) is 13.8 Å². The number of para-hydroxylation sites is 2. The lowest BCUT2D eigenvalue weighted by atomic mass is 10.1. The number of benzene rings is 3. The second-order valence-electron chi connectivity index (χ2n) is 9.35. The van der Waals surface area contributed by atoms with Gasteiger partial charge in [0.1, 0.15) is 24.1 Å². The van der Waals surface area contributed by atoms with Gasteiger partial charge in [0, 0.05) is 17.6 Å². The van der Waals surface area contributed by atoms with E-state index in [2.05, 4.69) is 5.32 Å². The molecule has 2 amide bonds. The molecule has 0 radical (unpaired) electrons. The number of hydrogen-bond acceptors (Lipinski definition) is 6. The maximum absolute atomic E-state index is 14.0. The van der Waals surface area contributed by atoms with E-state index >= 15 is 0 Å². The van der Waals surface area contributed by atoms with E-state index in [0.717, 1.165) is 4.31 Å². The molecule has 9 nitrogen and oxygen atoms in total. The number of amides is 2. The van der Waals surface area contributed by atoms with Crippen molar-refractivity contribution in [3.8, 4) is 11.5 Å². The maximum atomic E-state index is 14.0. The summed E-state index contributed by atoms with van der Waals surface area (Å²) in [5, 5.41) is 3.30. The highest BCUT2D eigenvalue weighted by Gasteiger charge is 2.34. The van der Waals surface area contributed by atoms with Gasteiger partial charge in [-0.25, -0.2) is 8.42 Å². The van der Waals surface area contributed by atoms with Crippen LogP contribution in [0.1, 0.15) is 26.3 Å². The number of hydrogen-bond donors (Lipinski definition) is 1. The minimum atomic E-state index is -4.26. The van der Waals surface area contributed by atoms with E-state index in [0.29, 0.717) is 16.3 Å². The van der Waals surface area contributed by atoms with Crippen LogP contribution in [0, 0.1) is 0 Å². The van der Waals surface area contributed by atoms with Crippen LogP contribution in [0.2, 0.25) is 5.02 Å². The normalized spacial score (nSPS) is 12.0. The van der Waals surface area contributed by atoms with Gasteiger partial charge in [0.05, 0.1) is 24.8 Å². The highest BCUT2D eigenvalue weighted by Crippen LogP contribution is 2.33. The summed E-state index contributed by atoms with van der Waals surface area (Å²) in [7, 11) is -1.36. The average Bonchev–Trinajstić information content (AvgIpc) is 2.93. The third-order valence-electron chi connectivity index (χ3n) is 6.12. The Balaban J connectivity index is 2.07. The van der Waals surface area contributed by atoms with Gasteiger partial charge < -0.3 is 19.7 Å². The lowest BCUT2D eigenvalue weighted by Gasteiger charge is -2.32. The number of sulfonamides is 1. The predicted molar refractivity (Wildman–Crippen MR) is 155 cm³/mol. The van der Waals surface area contributed by atoms with Crippen LogP contribution < -0.4 is 19.1 Å². The number of ether oxygens (including phenoxy) is 2. The van der Waals surface area contributed by atoms with Gasteiger partial charge in [-0.1, -0.05) is 35.9 Å². The summed E-state index contributed by atoms with van der Waals surface area (Å²) in [4.78, 5) is 28.3. The first kappa shape index (κ1) is 30.8. The second-order valence-corrected chi connectivity index (χ2v) is 11.6. The molecule has 11 heteroatoms. The highest BCUT2D eigenvalue weighted by molar-refractivity contribution is 7.92. The zero-order valence-corrected chi connectivity index (χ0v) is 24.7. The standard InChI is InChI=1S/C29H34ClN3O6S/c1-20(2)31-29(35)21(3)32(18-22-9-8-10-23(30)17-22)28(34)19-33(26-11-6-7-12-27(26)39-5)40(36,37)25-15-13-24(38-4)14-16-25/h6-17,20-21H,18-19H2,1-5H3,(H,31,35)/t21-/m0/s1. The van der Waals surface area contributed by atoms with Crippen molar-refractivity contribution >= 4 is 39.1 Å². The highest BCUT2D eigenvalue weighted by atomic mass is 35.5. The predicted octanol–water partition coefficient (Wildman–Crippen LogP) is 4.49. The molecule has 0 aliphatic carbocycles. The van der Waals surface area contributed by atoms with Crippen molar-refractivity contribution in [3.63, 3.8) is 0 Å². The van der Waals surface area contributed by atoms with Gasteiger partial charge in [0.15, 0.2) is 0 Å². The molecule has 0 bridgehead atoms. The second kappa shape index (κ2) is 13.5. The number of anilines is 1. The van der Waals surface area contributed by atoms with Crippen LogP contribution in [0.3, 0.4) is 0 Å². The summed E-state index contributed by atoms with van der Waals surface area (Å²) in [6, 6.07) is 18.3. The zero-order valence-electron chi connectivity index (χ0n) is 23.1. The molecule has 0 unspecified atom stereocenters. The third kappa shape index (κ3) is 7.45. The molecule has 0 aliphatic rings. The summed E-state index contributed by atoms with van der Waals surface area (Å²) in [6.45, 7) is 4.69. The Morgan fingerprint density at radius 2 is 1.60 bits per heavy atom. The van der Waals surface area contributed by atoms with Crippen LogP contribution in [-0.2, 0) is 26.2 Å². The van der Waals surface area contributed by atoms with Crippen molar-refractivity contribution in [1.82, 2.24) is 10.2 Å². The smallest absolute Gasteiger partial charge is 0.264 e. The largest absolute Gasteiger partial charge is 0.497 e. The van der Waals surface area contributed by atoms with Crippen molar-refractivity contribution in [1.29, 1.82) is 0 Å². The molecule has 0 saturated heterocycles. The number of rotatable bonds is 12. The van der Waals surface area contributed by atoms with Gasteiger partial charge in [0.2, 0.25) is 11.8 Å². The number of carbonyl (C=O) groups excluding carboxylic acids is 2. The first-order valence-electron chi connectivity index (χ1n) is 12.6. The summed E-state index contributed by atoms with van der Waals surface area (Å²) in [5.41, 5.74) is 0.864. The van der Waals surface area contributed by atoms with Crippen molar-refractivity contribution in [2.75, 3.05) is 25.1 Å². The summed E-state index contributed by atoms with van der Waals surface area (Å²) in [5.74, 6) is -0.211. The van der Waals surface area contributed by atoms with Crippen LogP contribution in [0.25, 0.3) is 0 Å². The van der Waals surface area contributed by atoms with E-state index in [1.165, 1.54) is 43.4 Å². The van der Waals surface area contributed by atoms with E-state index in [1.54, 1.807) is 55.5 Å². The SMILES string of the molecule is COc1ccc(S(=O)(=O)N(CC(=O)N(Cc2cccc(Cl)c2)[C@@H](C)C(=O)NC(C)C)c2ccccc2OC)cc1. The molecular weight excluding hydrogens is 554 g/mol. The Kier molecular flexibility index (Phi) is 10.4. The molecule has 214 valence electrons.